The summed E-state index contributed by atoms with van der Waals surface area (Å²) in [6.45, 7) is 0.359. The molecule has 104 valence electrons. The van der Waals surface area contributed by atoms with Crippen molar-refractivity contribution in [3.63, 3.8) is 0 Å². The van der Waals surface area contributed by atoms with E-state index in [2.05, 4.69) is 4.74 Å². The highest BCUT2D eigenvalue weighted by atomic mass is 35.5. The Bertz CT molecular complexity index is 609. The molecule has 0 aliphatic heterocycles. The molecule has 0 aliphatic carbocycles. The maximum Gasteiger partial charge on any atom is 0.338 e. The van der Waals surface area contributed by atoms with Gasteiger partial charge in [-0.25, -0.2) is 4.79 Å². The van der Waals surface area contributed by atoms with Crippen LogP contribution in [0.15, 0.2) is 42.5 Å². The van der Waals surface area contributed by atoms with E-state index >= 15 is 0 Å². The van der Waals surface area contributed by atoms with E-state index < -0.39 is 5.97 Å². The van der Waals surface area contributed by atoms with E-state index in [-0.39, 0.29) is 0 Å². The molecule has 0 aliphatic rings. The number of rotatable bonds is 4. The smallest absolute Gasteiger partial charge is 0.338 e. The minimum Gasteiger partial charge on any atom is -0.489 e. The predicted octanol–water partition coefficient (Wildman–Crippen LogP) is 4.36. The van der Waals surface area contributed by atoms with Gasteiger partial charge in [-0.05, 0) is 35.9 Å². The van der Waals surface area contributed by atoms with Crippen molar-refractivity contribution >= 4 is 29.2 Å². The lowest BCUT2D eigenvalue weighted by Crippen LogP contribution is -2.02. The summed E-state index contributed by atoms with van der Waals surface area (Å²) >= 11 is 11.8. The highest BCUT2D eigenvalue weighted by molar-refractivity contribution is 6.31. The molecule has 3 nitrogen and oxygen atoms in total. The molecule has 0 bridgehead atoms. The van der Waals surface area contributed by atoms with E-state index in [1.165, 1.54) is 13.2 Å². The second kappa shape index (κ2) is 6.64. The van der Waals surface area contributed by atoms with Crippen LogP contribution in [0.1, 0.15) is 15.9 Å². The molecule has 0 saturated carbocycles. The van der Waals surface area contributed by atoms with Crippen LogP contribution in [0.25, 0.3) is 0 Å². The Morgan fingerprint density at radius 1 is 1.05 bits per heavy atom. The lowest BCUT2D eigenvalue weighted by Gasteiger charge is -2.08. The van der Waals surface area contributed by atoms with Gasteiger partial charge in [0.05, 0.1) is 12.7 Å². The maximum absolute atomic E-state index is 11.5. The molecule has 20 heavy (non-hydrogen) atoms. The maximum atomic E-state index is 11.5. The van der Waals surface area contributed by atoms with Crippen LogP contribution >= 0.6 is 23.2 Å². The van der Waals surface area contributed by atoms with Crippen molar-refractivity contribution in [3.8, 4) is 5.75 Å². The first kappa shape index (κ1) is 14.7. The van der Waals surface area contributed by atoms with Gasteiger partial charge in [-0.1, -0.05) is 35.3 Å². The fourth-order valence-corrected chi connectivity index (χ4v) is 1.98. The molecule has 0 N–H and O–H groups in total. The van der Waals surface area contributed by atoms with Crippen molar-refractivity contribution in [1.29, 1.82) is 0 Å². The summed E-state index contributed by atoms with van der Waals surface area (Å²) in [5.74, 6) is 0.0525. The zero-order chi connectivity index (χ0) is 14.5. The van der Waals surface area contributed by atoms with E-state index in [1.54, 1.807) is 24.3 Å². The average Bonchev–Trinajstić information content (AvgIpc) is 2.45. The monoisotopic (exact) mass is 310 g/mol. The largest absolute Gasteiger partial charge is 0.489 e. The molecule has 0 atom stereocenters. The first-order valence-electron chi connectivity index (χ1n) is 5.84. The van der Waals surface area contributed by atoms with Crippen LogP contribution in [-0.4, -0.2) is 13.1 Å². The Balaban J connectivity index is 2.11. The van der Waals surface area contributed by atoms with Gasteiger partial charge >= 0.3 is 5.97 Å². The summed E-state index contributed by atoms with van der Waals surface area (Å²) in [7, 11) is 1.32. The predicted molar refractivity (Wildman–Crippen MR) is 78.6 cm³/mol. The number of carbonyl (C=O) groups is 1. The molecule has 2 aromatic rings. The van der Waals surface area contributed by atoms with Crippen molar-refractivity contribution in [2.75, 3.05) is 7.11 Å². The lowest BCUT2D eigenvalue weighted by atomic mass is 10.2. The summed E-state index contributed by atoms with van der Waals surface area (Å²) in [6, 6.07) is 12.1. The lowest BCUT2D eigenvalue weighted by molar-refractivity contribution is 0.0600. The van der Waals surface area contributed by atoms with Crippen molar-refractivity contribution in [1.82, 2.24) is 0 Å². The first-order valence-corrected chi connectivity index (χ1v) is 6.60. The van der Waals surface area contributed by atoms with E-state index in [0.29, 0.717) is 28.0 Å². The van der Waals surface area contributed by atoms with E-state index in [1.807, 2.05) is 12.1 Å². The van der Waals surface area contributed by atoms with Gasteiger partial charge in [0.15, 0.2) is 0 Å². The van der Waals surface area contributed by atoms with Crippen LogP contribution in [0.2, 0.25) is 10.0 Å². The Morgan fingerprint density at radius 3 is 2.40 bits per heavy atom. The van der Waals surface area contributed by atoms with E-state index in [9.17, 15) is 4.79 Å². The van der Waals surface area contributed by atoms with E-state index in [4.69, 9.17) is 27.9 Å². The molecule has 0 spiro atoms. The average molecular weight is 311 g/mol. The normalized spacial score (nSPS) is 10.2. The highest BCUT2D eigenvalue weighted by Crippen LogP contribution is 2.22. The molecule has 0 amide bonds. The SMILES string of the molecule is COC(=O)c1cc(Cl)cc(OCc2ccc(Cl)cc2)c1. The van der Waals surface area contributed by atoms with Gasteiger partial charge in [-0.2, -0.15) is 0 Å². The molecule has 0 unspecified atom stereocenters. The fourth-order valence-electron chi connectivity index (χ4n) is 1.63. The van der Waals surface area contributed by atoms with Crippen LogP contribution in [0.4, 0.5) is 0 Å². The minimum absolute atomic E-state index is 0.353. The molecule has 0 saturated heterocycles. The summed E-state index contributed by atoms with van der Waals surface area (Å²) in [6.07, 6.45) is 0. The van der Waals surface area contributed by atoms with Crippen molar-refractivity contribution < 1.29 is 14.3 Å². The standard InChI is InChI=1S/C15H12Cl2O3/c1-19-15(18)11-6-13(17)8-14(7-11)20-9-10-2-4-12(16)5-3-10/h2-8H,9H2,1H3. The van der Waals surface area contributed by atoms with Crippen LogP contribution in [0.3, 0.4) is 0 Å². The number of hydrogen-bond donors (Lipinski definition) is 0. The number of esters is 1. The molecule has 2 aromatic carbocycles. The third-order valence-corrected chi connectivity index (χ3v) is 3.08. The van der Waals surface area contributed by atoms with Crippen LogP contribution in [0.5, 0.6) is 5.75 Å². The molecule has 2 rings (SSSR count). The number of hydrogen-bond acceptors (Lipinski definition) is 3. The zero-order valence-corrected chi connectivity index (χ0v) is 12.2. The van der Waals surface area contributed by atoms with Gasteiger partial charge in [0.1, 0.15) is 12.4 Å². The molecular weight excluding hydrogens is 299 g/mol. The van der Waals surface area contributed by atoms with Crippen molar-refractivity contribution in [2.45, 2.75) is 6.61 Å². The molecule has 0 radical (unpaired) electrons. The van der Waals surface area contributed by atoms with Gasteiger partial charge in [0.25, 0.3) is 0 Å². The van der Waals surface area contributed by atoms with Gasteiger partial charge in [-0.3, -0.25) is 0 Å². The Labute approximate surface area is 127 Å². The Hall–Kier alpha value is -1.71. The minimum atomic E-state index is -0.455. The molecule has 5 heteroatoms. The number of halogens is 2. The first-order chi connectivity index (χ1) is 9.58. The second-order valence-corrected chi connectivity index (χ2v) is 4.96. The third-order valence-electron chi connectivity index (χ3n) is 2.61. The number of methoxy groups -OCH3 is 1. The van der Waals surface area contributed by atoms with Gasteiger partial charge in [0, 0.05) is 10.0 Å². The summed E-state index contributed by atoms with van der Waals surface area (Å²) in [5.41, 5.74) is 1.32. The fraction of sp³-hybridized carbons (Fsp3) is 0.133. The van der Waals surface area contributed by atoms with Gasteiger partial charge in [0.2, 0.25) is 0 Å². The van der Waals surface area contributed by atoms with E-state index in [0.717, 1.165) is 5.56 Å². The zero-order valence-electron chi connectivity index (χ0n) is 10.7. The van der Waals surface area contributed by atoms with Crippen LogP contribution in [0, 0.1) is 0 Å². The quantitative estimate of drug-likeness (QED) is 0.787. The Kier molecular flexibility index (Phi) is 4.88. The number of carbonyl (C=O) groups excluding carboxylic acids is 1. The molecular formula is C15H12Cl2O3. The van der Waals surface area contributed by atoms with Crippen molar-refractivity contribution in [2.24, 2.45) is 0 Å². The molecule has 0 heterocycles. The third kappa shape index (κ3) is 3.89. The summed E-state index contributed by atoms with van der Waals surface area (Å²) < 4.78 is 10.3. The summed E-state index contributed by atoms with van der Waals surface area (Å²) in [4.78, 5) is 11.5. The van der Waals surface area contributed by atoms with Crippen molar-refractivity contribution in [3.05, 3.63) is 63.6 Å². The highest BCUT2D eigenvalue weighted by Gasteiger charge is 2.09. The number of ether oxygens (including phenoxy) is 2. The van der Waals surface area contributed by atoms with Gasteiger partial charge < -0.3 is 9.47 Å². The van der Waals surface area contributed by atoms with Crippen LogP contribution in [-0.2, 0) is 11.3 Å². The summed E-state index contributed by atoms with van der Waals surface area (Å²) in [5, 5.41) is 1.09. The van der Waals surface area contributed by atoms with Crippen LogP contribution < -0.4 is 4.74 Å². The van der Waals surface area contributed by atoms with Gasteiger partial charge in [-0.15, -0.1) is 0 Å². The Morgan fingerprint density at radius 2 is 1.75 bits per heavy atom. The molecule has 0 aromatic heterocycles. The number of benzene rings is 2. The molecule has 0 fully saturated rings. The second-order valence-electron chi connectivity index (χ2n) is 4.08. The topological polar surface area (TPSA) is 35.5 Å².